The minimum atomic E-state index is -2.88. The van der Waals surface area contributed by atoms with E-state index in [1.165, 1.54) is 0 Å². The van der Waals surface area contributed by atoms with Gasteiger partial charge in [0.2, 0.25) is 0 Å². The van der Waals surface area contributed by atoms with E-state index in [1.807, 2.05) is 11.6 Å². The topological polar surface area (TPSA) is 52.0 Å². The standard InChI is InChI=1S/C12H19ClN2O2S/c1-3-11-10(7-13)12(4-2)15(14-11)9-5-6-18(16,17)8-9/h9H,3-8H2,1-2H3. The Morgan fingerprint density at radius 2 is 2.11 bits per heavy atom. The third-order valence-corrected chi connectivity index (χ3v) is 5.58. The molecule has 1 saturated heterocycles. The number of alkyl halides is 1. The van der Waals surface area contributed by atoms with E-state index in [1.54, 1.807) is 0 Å². The average molecular weight is 291 g/mol. The maximum atomic E-state index is 11.6. The van der Waals surface area contributed by atoms with Crippen molar-refractivity contribution in [2.75, 3.05) is 11.5 Å². The molecule has 18 heavy (non-hydrogen) atoms. The van der Waals surface area contributed by atoms with Gasteiger partial charge in [-0.2, -0.15) is 5.10 Å². The van der Waals surface area contributed by atoms with Crippen LogP contribution < -0.4 is 0 Å². The molecular formula is C12H19ClN2O2S. The molecule has 0 N–H and O–H groups in total. The van der Waals surface area contributed by atoms with Crippen LogP contribution in [0.15, 0.2) is 0 Å². The summed E-state index contributed by atoms with van der Waals surface area (Å²) >= 11 is 6.00. The predicted molar refractivity (Wildman–Crippen MR) is 72.8 cm³/mol. The molecule has 1 aromatic rings. The maximum absolute atomic E-state index is 11.6. The van der Waals surface area contributed by atoms with Gasteiger partial charge < -0.3 is 0 Å². The molecule has 1 fully saturated rings. The highest BCUT2D eigenvalue weighted by molar-refractivity contribution is 7.91. The van der Waals surface area contributed by atoms with E-state index in [4.69, 9.17) is 11.6 Å². The zero-order valence-electron chi connectivity index (χ0n) is 10.8. The first kappa shape index (κ1) is 13.9. The van der Waals surface area contributed by atoms with Crippen LogP contribution in [-0.4, -0.2) is 29.7 Å². The molecule has 6 heteroatoms. The molecule has 1 unspecified atom stereocenters. The van der Waals surface area contributed by atoms with Gasteiger partial charge >= 0.3 is 0 Å². The van der Waals surface area contributed by atoms with Crippen molar-refractivity contribution in [3.05, 3.63) is 17.0 Å². The zero-order valence-corrected chi connectivity index (χ0v) is 12.4. The van der Waals surface area contributed by atoms with Crippen LogP contribution in [-0.2, 0) is 28.6 Å². The lowest BCUT2D eigenvalue weighted by Gasteiger charge is -2.12. The number of rotatable bonds is 4. The van der Waals surface area contributed by atoms with Gasteiger partial charge in [0, 0.05) is 11.3 Å². The third kappa shape index (κ3) is 2.43. The Hall–Kier alpha value is -0.550. The Kier molecular flexibility index (Phi) is 4.02. The molecule has 0 radical (unpaired) electrons. The number of sulfone groups is 1. The number of hydrogen-bond acceptors (Lipinski definition) is 3. The second-order valence-electron chi connectivity index (χ2n) is 4.71. The van der Waals surface area contributed by atoms with Crippen molar-refractivity contribution in [3.8, 4) is 0 Å². The smallest absolute Gasteiger partial charge is 0.152 e. The normalized spacial score (nSPS) is 22.5. The van der Waals surface area contributed by atoms with Crippen molar-refractivity contribution in [2.45, 2.75) is 45.0 Å². The molecule has 2 rings (SSSR count). The molecule has 0 bridgehead atoms. The van der Waals surface area contributed by atoms with Crippen LogP contribution in [0.4, 0.5) is 0 Å². The summed E-state index contributed by atoms with van der Waals surface area (Å²) < 4.78 is 25.1. The molecule has 1 aliphatic heterocycles. The number of halogens is 1. The quantitative estimate of drug-likeness (QED) is 0.798. The van der Waals surface area contributed by atoms with E-state index in [-0.39, 0.29) is 17.5 Å². The highest BCUT2D eigenvalue weighted by Gasteiger charge is 2.31. The lowest BCUT2D eigenvalue weighted by Crippen LogP contribution is -2.15. The Labute approximate surface area is 113 Å². The summed E-state index contributed by atoms with van der Waals surface area (Å²) in [6, 6.07) is -0.00721. The van der Waals surface area contributed by atoms with Crippen molar-refractivity contribution >= 4 is 21.4 Å². The Balaban J connectivity index is 2.42. The number of aryl methyl sites for hydroxylation is 1. The largest absolute Gasteiger partial charge is 0.265 e. The summed E-state index contributed by atoms with van der Waals surface area (Å²) in [5, 5.41) is 4.59. The Morgan fingerprint density at radius 3 is 2.56 bits per heavy atom. The molecule has 0 saturated carbocycles. The maximum Gasteiger partial charge on any atom is 0.152 e. The summed E-state index contributed by atoms with van der Waals surface area (Å²) in [5.74, 6) is 0.941. The third-order valence-electron chi connectivity index (χ3n) is 3.56. The first-order valence-corrected chi connectivity index (χ1v) is 8.73. The van der Waals surface area contributed by atoms with Gasteiger partial charge in [-0.3, -0.25) is 4.68 Å². The molecule has 0 spiro atoms. The van der Waals surface area contributed by atoms with Crippen molar-refractivity contribution in [1.29, 1.82) is 0 Å². The highest BCUT2D eigenvalue weighted by atomic mass is 35.5. The minimum Gasteiger partial charge on any atom is -0.265 e. The molecule has 0 amide bonds. The molecule has 0 aliphatic carbocycles. The van der Waals surface area contributed by atoms with E-state index in [0.29, 0.717) is 12.3 Å². The fourth-order valence-corrected chi connectivity index (χ4v) is 4.64. The van der Waals surface area contributed by atoms with E-state index in [2.05, 4.69) is 12.0 Å². The van der Waals surface area contributed by atoms with Gasteiger partial charge in [-0.15, -0.1) is 11.6 Å². The Bertz CT molecular complexity index is 537. The number of nitrogens with zero attached hydrogens (tertiary/aromatic N) is 2. The number of hydrogen-bond donors (Lipinski definition) is 0. The molecule has 102 valence electrons. The van der Waals surface area contributed by atoms with E-state index in [9.17, 15) is 8.42 Å². The van der Waals surface area contributed by atoms with Gasteiger partial charge in [0.05, 0.1) is 29.1 Å². The first-order chi connectivity index (χ1) is 8.52. The van der Waals surface area contributed by atoms with Gasteiger partial charge in [-0.25, -0.2) is 8.42 Å². The van der Waals surface area contributed by atoms with Crippen molar-refractivity contribution in [2.24, 2.45) is 0 Å². The molecule has 4 nitrogen and oxygen atoms in total. The van der Waals surface area contributed by atoms with Gasteiger partial charge in [0.25, 0.3) is 0 Å². The lowest BCUT2D eigenvalue weighted by atomic mass is 10.1. The van der Waals surface area contributed by atoms with Crippen LogP contribution >= 0.6 is 11.6 Å². The van der Waals surface area contributed by atoms with E-state index < -0.39 is 9.84 Å². The second kappa shape index (κ2) is 5.21. The van der Waals surface area contributed by atoms with Crippen molar-refractivity contribution < 1.29 is 8.42 Å². The van der Waals surface area contributed by atoms with Crippen LogP contribution in [0.25, 0.3) is 0 Å². The SMILES string of the molecule is CCc1nn(C2CCS(=O)(=O)C2)c(CC)c1CCl. The zero-order chi connectivity index (χ0) is 13.3. The van der Waals surface area contributed by atoms with Gasteiger partial charge in [0.1, 0.15) is 0 Å². The molecule has 1 atom stereocenters. The summed E-state index contributed by atoms with van der Waals surface area (Å²) in [6.45, 7) is 4.11. The Morgan fingerprint density at radius 1 is 1.39 bits per heavy atom. The predicted octanol–water partition coefficient (Wildman–Crippen LogP) is 2.11. The summed E-state index contributed by atoms with van der Waals surface area (Å²) in [7, 11) is -2.88. The molecule has 2 heterocycles. The monoisotopic (exact) mass is 290 g/mol. The fourth-order valence-electron chi connectivity index (χ4n) is 2.64. The molecule has 1 aliphatic rings. The van der Waals surface area contributed by atoms with Gasteiger partial charge in [-0.1, -0.05) is 13.8 Å². The van der Waals surface area contributed by atoms with Crippen molar-refractivity contribution in [1.82, 2.24) is 9.78 Å². The lowest BCUT2D eigenvalue weighted by molar-refractivity contribution is 0.478. The fraction of sp³-hybridized carbons (Fsp3) is 0.750. The summed E-state index contributed by atoms with van der Waals surface area (Å²) in [4.78, 5) is 0. The number of aromatic nitrogens is 2. The van der Waals surface area contributed by atoms with Crippen LogP contribution in [0.5, 0.6) is 0 Å². The summed E-state index contributed by atoms with van der Waals surface area (Å²) in [5.41, 5.74) is 3.20. The average Bonchev–Trinajstić information content (AvgIpc) is 2.87. The highest BCUT2D eigenvalue weighted by Crippen LogP contribution is 2.28. The van der Waals surface area contributed by atoms with E-state index >= 15 is 0 Å². The summed E-state index contributed by atoms with van der Waals surface area (Å²) in [6.07, 6.45) is 2.34. The van der Waals surface area contributed by atoms with E-state index in [0.717, 1.165) is 29.8 Å². The van der Waals surface area contributed by atoms with Crippen LogP contribution in [0, 0.1) is 0 Å². The van der Waals surface area contributed by atoms with Gasteiger partial charge in [0.15, 0.2) is 9.84 Å². The molecule has 0 aromatic carbocycles. The van der Waals surface area contributed by atoms with Crippen LogP contribution in [0.1, 0.15) is 43.3 Å². The van der Waals surface area contributed by atoms with Crippen molar-refractivity contribution in [3.63, 3.8) is 0 Å². The molecular weight excluding hydrogens is 272 g/mol. The van der Waals surface area contributed by atoms with Crippen LogP contribution in [0.2, 0.25) is 0 Å². The van der Waals surface area contributed by atoms with Crippen LogP contribution in [0.3, 0.4) is 0 Å². The second-order valence-corrected chi connectivity index (χ2v) is 7.21. The first-order valence-electron chi connectivity index (χ1n) is 6.37. The minimum absolute atomic E-state index is 0.00721. The molecule has 1 aromatic heterocycles. The van der Waals surface area contributed by atoms with Gasteiger partial charge in [-0.05, 0) is 19.3 Å².